The number of benzene rings is 1. The van der Waals surface area contributed by atoms with Crippen molar-refractivity contribution in [2.45, 2.75) is 6.92 Å². The van der Waals surface area contributed by atoms with Gasteiger partial charge in [0, 0.05) is 11.6 Å². The van der Waals surface area contributed by atoms with Crippen LogP contribution in [0, 0.1) is 5.82 Å². The van der Waals surface area contributed by atoms with Crippen molar-refractivity contribution >= 4 is 16.9 Å². The fraction of sp³-hybridized carbons (Fsp3) is 0.118. The molecular weight excluding hydrogens is 283 g/mol. The molecule has 0 fully saturated rings. The highest BCUT2D eigenvalue weighted by Gasteiger charge is 2.14. The Balaban J connectivity index is 2.22. The number of hydrogen-bond acceptors (Lipinski definition) is 4. The Morgan fingerprint density at radius 3 is 2.73 bits per heavy atom. The Kier molecular flexibility index (Phi) is 3.78. The zero-order valence-electron chi connectivity index (χ0n) is 11.9. The zero-order valence-corrected chi connectivity index (χ0v) is 11.9. The first-order valence-electron chi connectivity index (χ1n) is 6.87. The summed E-state index contributed by atoms with van der Waals surface area (Å²) in [6.07, 6.45) is 3.24. The quantitative estimate of drug-likeness (QED) is 0.693. The van der Waals surface area contributed by atoms with Crippen molar-refractivity contribution in [3.05, 3.63) is 60.3 Å². The number of hydrogen-bond donors (Lipinski definition) is 0. The first-order chi connectivity index (χ1) is 10.7. The average molecular weight is 296 g/mol. The number of pyridine rings is 2. The molecule has 0 atom stereocenters. The fourth-order valence-corrected chi connectivity index (χ4v) is 2.26. The maximum absolute atomic E-state index is 13.1. The molecule has 4 nitrogen and oxygen atoms in total. The van der Waals surface area contributed by atoms with Crippen molar-refractivity contribution in [3.63, 3.8) is 0 Å². The second-order valence-corrected chi connectivity index (χ2v) is 4.68. The second kappa shape index (κ2) is 5.89. The number of fused-ring (bicyclic) bond motifs is 1. The van der Waals surface area contributed by atoms with E-state index in [1.165, 1.54) is 12.1 Å². The van der Waals surface area contributed by atoms with Crippen LogP contribution >= 0.6 is 0 Å². The molecule has 3 aromatic rings. The Labute approximate surface area is 126 Å². The molecule has 0 spiro atoms. The molecule has 0 radical (unpaired) electrons. The second-order valence-electron chi connectivity index (χ2n) is 4.68. The molecule has 0 bridgehead atoms. The molecule has 0 saturated carbocycles. The number of carbonyl (C=O) groups is 1. The molecule has 2 heterocycles. The van der Waals surface area contributed by atoms with Crippen LogP contribution in [0.3, 0.4) is 0 Å². The van der Waals surface area contributed by atoms with Crippen LogP contribution in [0.15, 0.2) is 48.8 Å². The van der Waals surface area contributed by atoms with Crippen molar-refractivity contribution in [1.82, 2.24) is 9.97 Å². The highest BCUT2D eigenvalue weighted by Crippen LogP contribution is 2.28. The molecule has 0 unspecified atom stereocenters. The average Bonchev–Trinajstić information content (AvgIpc) is 2.55. The number of rotatable bonds is 3. The predicted octanol–water partition coefficient (Wildman–Crippen LogP) is 3.61. The molecule has 1 aromatic carbocycles. The highest BCUT2D eigenvalue weighted by atomic mass is 19.1. The van der Waals surface area contributed by atoms with Crippen LogP contribution < -0.4 is 0 Å². The van der Waals surface area contributed by atoms with Crippen molar-refractivity contribution in [2.24, 2.45) is 0 Å². The molecule has 110 valence electrons. The van der Waals surface area contributed by atoms with E-state index in [9.17, 15) is 9.18 Å². The van der Waals surface area contributed by atoms with Gasteiger partial charge in [-0.3, -0.25) is 4.98 Å². The van der Waals surface area contributed by atoms with Crippen LogP contribution in [-0.4, -0.2) is 22.5 Å². The zero-order chi connectivity index (χ0) is 15.5. The van der Waals surface area contributed by atoms with Crippen molar-refractivity contribution in [2.75, 3.05) is 6.61 Å². The lowest BCUT2D eigenvalue weighted by Crippen LogP contribution is -2.07. The minimum Gasteiger partial charge on any atom is -0.461 e. The van der Waals surface area contributed by atoms with E-state index in [1.807, 2.05) is 6.07 Å². The minimum atomic E-state index is -0.489. The molecule has 2 aromatic heterocycles. The van der Waals surface area contributed by atoms with Gasteiger partial charge in [0.05, 0.1) is 18.3 Å². The van der Waals surface area contributed by atoms with Crippen LogP contribution in [0.5, 0.6) is 0 Å². The van der Waals surface area contributed by atoms with Gasteiger partial charge < -0.3 is 4.74 Å². The Hall–Kier alpha value is -2.82. The van der Waals surface area contributed by atoms with E-state index < -0.39 is 5.97 Å². The molecule has 0 aliphatic carbocycles. The smallest absolute Gasteiger partial charge is 0.356 e. The number of halogens is 1. The van der Waals surface area contributed by atoms with E-state index in [1.54, 1.807) is 37.5 Å². The first-order valence-corrected chi connectivity index (χ1v) is 6.87. The lowest BCUT2D eigenvalue weighted by atomic mass is 10.0. The Morgan fingerprint density at radius 1 is 1.23 bits per heavy atom. The van der Waals surface area contributed by atoms with Gasteiger partial charge in [0.25, 0.3) is 0 Å². The fourth-order valence-electron chi connectivity index (χ4n) is 2.26. The third kappa shape index (κ3) is 2.65. The summed E-state index contributed by atoms with van der Waals surface area (Å²) >= 11 is 0. The minimum absolute atomic E-state index is 0.210. The monoisotopic (exact) mass is 296 g/mol. The van der Waals surface area contributed by atoms with Crippen LogP contribution in [0.4, 0.5) is 4.39 Å². The Morgan fingerprint density at radius 2 is 2.00 bits per heavy atom. The third-order valence-electron chi connectivity index (χ3n) is 3.25. The molecule has 0 amide bonds. The van der Waals surface area contributed by atoms with E-state index in [2.05, 4.69) is 9.97 Å². The largest absolute Gasteiger partial charge is 0.461 e. The van der Waals surface area contributed by atoms with E-state index in [-0.39, 0.29) is 18.1 Å². The van der Waals surface area contributed by atoms with Crippen molar-refractivity contribution < 1.29 is 13.9 Å². The number of carbonyl (C=O) groups excluding carboxylic acids is 1. The standard InChI is InChI=1S/C17H13FN2O2/c1-2-22-17(21)15-9-14(11-3-5-12(18)6-4-11)13-7-8-19-10-16(13)20-15/h3-10H,2H2,1H3. The molecule has 0 saturated heterocycles. The molecule has 0 aliphatic rings. The van der Waals surface area contributed by atoms with Crippen LogP contribution in [0.1, 0.15) is 17.4 Å². The van der Waals surface area contributed by atoms with Crippen LogP contribution in [-0.2, 0) is 4.74 Å². The number of ether oxygens (including phenoxy) is 1. The molecule has 5 heteroatoms. The number of esters is 1. The molecular formula is C17H13FN2O2. The van der Waals surface area contributed by atoms with Gasteiger partial charge in [0.1, 0.15) is 11.5 Å². The summed E-state index contributed by atoms with van der Waals surface area (Å²) in [5.74, 6) is -0.800. The summed E-state index contributed by atoms with van der Waals surface area (Å²) < 4.78 is 18.1. The molecule has 0 aliphatic heterocycles. The van der Waals surface area contributed by atoms with E-state index in [0.29, 0.717) is 5.52 Å². The van der Waals surface area contributed by atoms with Gasteiger partial charge in [-0.25, -0.2) is 14.2 Å². The van der Waals surface area contributed by atoms with Crippen LogP contribution in [0.25, 0.3) is 22.0 Å². The lowest BCUT2D eigenvalue weighted by Gasteiger charge is -2.09. The van der Waals surface area contributed by atoms with Gasteiger partial charge in [-0.15, -0.1) is 0 Å². The van der Waals surface area contributed by atoms with E-state index in [0.717, 1.165) is 16.5 Å². The molecule has 22 heavy (non-hydrogen) atoms. The van der Waals surface area contributed by atoms with Gasteiger partial charge in [-0.1, -0.05) is 12.1 Å². The summed E-state index contributed by atoms with van der Waals surface area (Å²) in [7, 11) is 0. The molecule has 0 N–H and O–H groups in total. The predicted molar refractivity (Wildman–Crippen MR) is 80.9 cm³/mol. The Bertz CT molecular complexity index is 832. The number of aromatic nitrogens is 2. The first kappa shape index (κ1) is 14.1. The normalized spacial score (nSPS) is 10.6. The van der Waals surface area contributed by atoms with Gasteiger partial charge in [-0.05, 0) is 42.3 Å². The lowest BCUT2D eigenvalue weighted by molar-refractivity contribution is 0.0520. The molecule has 3 rings (SSSR count). The highest BCUT2D eigenvalue weighted by molar-refractivity contribution is 5.99. The topological polar surface area (TPSA) is 52.1 Å². The van der Waals surface area contributed by atoms with Crippen molar-refractivity contribution in [3.8, 4) is 11.1 Å². The van der Waals surface area contributed by atoms with Gasteiger partial charge in [0.15, 0.2) is 0 Å². The third-order valence-corrected chi connectivity index (χ3v) is 3.25. The summed E-state index contributed by atoms with van der Waals surface area (Å²) in [5.41, 5.74) is 2.38. The summed E-state index contributed by atoms with van der Waals surface area (Å²) in [6.45, 7) is 2.01. The van der Waals surface area contributed by atoms with E-state index >= 15 is 0 Å². The summed E-state index contributed by atoms with van der Waals surface area (Å²) in [5, 5.41) is 0.842. The van der Waals surface area contributed by atoms with E-state index in [4.69, 9.17) is 4.74 Å². The number of nitrogens with zero attached hydrogens (tertiary/aromatic N) is 2. The van der Waals surface area contributed by atoms with Crippen molar-refractivity contribution in [1.29, 1.82) is 0 Å². The summed E-state index contributed by atoms with van der Waals surface area (Å²) in [4.78, 5) is 20.3. The van der Waals surface area contributed by atoms with Gasteiger partial charge in [-0.2, -0.15) is 0 Å². The SMILES string of the molecule is CCOC(=O)c1cc(-c2ccc(F)cc2)c2ccncc2n1. The van der Waals surface area contributed by atoms with Gasteiger partial charge in [0.2, 0.25) is 0 Å². The van der Waals surface area contributed by atoms with Gasteiger partial charge >= 0.3 is 5.97 Å². The summed E-state index contributed by atoms with van der Waals surface area (Å²) in [6, 6.07) is 9.57. The van der Waals surface area contributed by atoms with Crippen LogP contribution in [0.2, 0.25) is 0 Å². The maximum atomic E-state index is 13.1. The maximum Gasteiger partial charge on any atom is 0.356 e.